The number of hydrogen-bond donors (Lipinski definition) is 4. The van der Waals surface area contributed by atoms with E-state index in [4.69, 9.17) is 9.15 Å². The molecular weight excluding hydrogens is 394 g/mol. The van der Waals surface area contributed by atoms with E-state index in [0.717, 1.165) is 74.3 Å². The van der Waals surface area contributed by atoms with E-state index in [1.54, 1.807) is 7.11 Å². The number of anilines is 1. The molecule has 1 aliphatic heterocycles. The van der Waals surface area contributed by atoms with Crippen molar-refractivity contribution >= 4 is 33.5 Å². The first-order valence-electron chi connectivity index (χ1n) is 10.9. The highest BCUT2D eigenvalue weighted by Gasteiger charge is 2.16. The van der Waals surface area contributed by atoms with Crippen molar-refractivity contribution in [3.8, 4) is 5.75 Å². The maximum absolute atomic E-state index is 12.8. The van der Waals surface area contributed by atoms with E-state index in [-0.39, 0.29) is 5.91 Å². The lowest BCUT2D eigenvalue weighted by Crippen LogP contribution is -2.44. The quantitative estimate of drug-likeness (QED) is 0.505. The first-order valence-corrected chi connectivity index (χ1v) is 10.9. The van der Waals surface area contributed by atoms with E-state index in [1.165, 1.54) is 0 Å². The van der Waals surface area contributed by atoms with Crippen LogP contribution >= 0.6 is 0 Å². The van der Waals surface area contributed by atoms with E-state index < -0.39 is 0 Å². The maximum Gasteiger partial charge on any atom is 0.238 e. The molecule has 2 aromatic carbocycles. The number of carbonyl (C=O) groups excluding carboxylic acids is 1. The van der Waals surface area contributed by atoms with Crippen LogP contribution in [0.4, 0.5) is 5.69 Å². The number of nitrogens with zero attached hydrogens (tertiary/aromatic N) is 1. The SMILES string of the molecule is COc1cc2c(cc1NC(=O)CN1CCNCCNCCNCC1)oc1ccccc12. The number of fused-ring (bicyclic) bond motifs is 3. The molecule has 8 nitrogen and oxygen atoms in total. The molecule has 2 heterocycles. The lowest BCUT2D eigenvalue weighted by atomic mass is 10.1. The summed E-state index contributed by atoms with van der Waals surface area (Å²) in [4.78, 5) is 15.0. The van der Waals surface area contributed by atoms with Gasteiger partial charge in [-0.3, -0.25) is 9.69 Å². The molecule has 0 spiro atoms. The molecule has 1 aliphatic rings. The highest BCUT2D eigenvalue weighted by Crippen LogP contribution is 2.36. The molecule has 0 unspecified atom stereocenters. The van der Waals surface area contributed by atoms with Crippen LogP contribution in [-0.4, -0.2) is 76.8 Å². The van der Waals surface area contributed by atoms with Crippen molar-refractivity contribution < 1.29 is 13.9 Å². The van der Waals surface area contributed by atoms with Gasteiger partial charge in [0, 0.05) is 69.2 Å². The summed E-state index contributed by atoms with van der Waals surface area (Å²) in [6.07, 6.45) is 0. The Morgan fingerprint density at radius 3 is 2.35 bits per heavy atom. The van der Waals surface area contributed by atoms with E-state index in [1.807, 2.05) is 36.4 Å². The zero-order chi connectivity index (χ0) is 21.5. The van der Waals surface area contributed by atoms with Gasteiger partial charge in [-0.1, -0.05) is 18.2 Å². The predicted molar refractivity (Wildman–Crippen MR) is 124 cm³/mol. The van der Waals surface area contributed by atoms with Crippen molar-refractivity contribution in [2.24, 2.45) is 0 Å². The Labute approximate surface area is 182 Å². The van der Waals surface area contributed by atoms with E-state index in [0.29, 0.717) is 18.0 Å². The van der Waals surface area contributed by atoms with Crippen molar-refractivity contribution in [3.63, 3.8) is 0 Å². The number of rotatable bonds is 4. The third-order valence-corrected chi connectivity index (χ3v) is 5.51. The van der Waals surface area contributed by atoms with Gasteiger partial charge in [0.1, 0.15) is 16.9 Å². The van der Waals surface area contributed by atoms with Gasteiger partial charge in [-0.05, 0) is 12.1 Å². The minimum absolute atomic E-state index is 0.0671. The molecule has 0 saturated carbocycles. The second-order valence-corrected chi connectivity index (χ2v) is 7.72. The molecule has 0 atom stereocenters. The van der Waals surface area contributed by atoms with Crippen molar-refractivity contribution in [1.82, 2.24) is 20.9 Å². The molecule has 1 fully saturated rings. The monoisotopic (exact) mass is 425 g/mol. The summed E-state index contributed by atoms with van der Waals surface area (Å²) >= 11 is 0. The highest BCUT2D eigenvalue weighted by molar-refractivity contribution is 6.07. The maximum atomic E-state index is 12.8. The number of amides is 1. The Morgan fingerprint density at radius 1 is 0.968 bits per heavy atom. The van der Waals surface area contributed by atoms with Gasteiger partial charge >= 0.3 is 0 Å². The fraction of sp³-hybridized carbons (Fsp3) is 0.435. The second-order valence-electron chi connectivity index (χ2n) is 7.72. The summed E-state index contributed by atoms with van der Waals surface area (Å²) in [5.41, 5.74) is 2.17. The van der Waals surface area contributed by atoms with Crippen molar-refractivity contribution in [1.29, 1.82) is 0 Å². The molecule has 4 rings (SSSR count). The number of benzene rings is 2. The number of furan rings is 1. The number of nitrogens with one attached hydrogen (secondary N) is 4. The van der Waals surface area contributed by atoms with Crippen molar-refractivity contribution in [2.75, 3.05) is 71.3 Å². The van der Waals surface area contributed by atoms with Crippen LogP contribution in [0.15, 0.2) is 40.8 Å². The summed E-state index contributed by atoms with van der Waals surface area (Å²) in [5, 5.41) is 15.2. The molecule has 0 aliphatic carbocycles. The summed E-state index contributed by atoms with van der Waals surface area (Å²) in [6.45, 7) is 7.40. The summed E-state index contributed by atoms with van der Waals surface area (Å²) in [7, 11) is 1.61. The zero-order valence-electron chi connectivity index (χ0n) is 18.0. The molecular formula is C23H31N5O3. The van der Waals surface area contributed by atoms with Gasteiger partial charge in [0.2, 0.25) is 5.91 Å². The second kappa shape index (κ2) is 10.6. The first-order chi connectivity index (χ1) is 15.2. The summed E-state index contributed by atoms with van der Waals surface area (Å²) in [6, 6.07) is 11.7. The number of carbonyl (C=O) groups is 1. The van der Waals surface area contributed by atoms with E-state index in [2.05, 4.69) is 26.2 Å². The lowest BCUT2D eigenvalue weighted by molar-refractivity contribution is -0.117. The third kappa shape index (κ3) is 5.54. The average molecular weight is 426 g/mol. The third-order valence-electron chi connectivity index (χ3n) is 5.51. The molecule has 1 aromatic heterocycles. The molecule has 4 N–H and O–H groups in total. The van der Waals surface area contributed by atoms with Crippen LogP contribution < -0.4 is 26.0 Å². The zero-order valence-corrected chi connectivity index (χ0v) is 18.0. The Kier molecular flexibility index (Phi) is 7.37. The molecule has 0 bridgehead atoms. The van der Waals surface area contributed by atoms with Gasteiger partial charge in [0.05, 0.1) is 19.3 Å². The number of ether oxygens (including phenoxy) is 1. The van der Waals surface area contributed by atoms with Crippen molar-refractivity contribution in [3.05, 3.63) is 36.4 Å². The molecule has 8 heteroatoms. The van der Waals surface area contributed by atoms with Gasteiger partial charge in [0.25, 0.3) is 0 Å². The number of methoxy groups -OCH3 is 1. The Morgan fingerprint density at radius 2 is 1.65 bits per heavy atom. The van der Waals surface area contributed by atoms with Crippen LogP contribution in [0.2, 0.25) is 0 Å². The van der Waals surface area contributed by atoms with Crippen LogP contribution in [0.1, 0.15) is 0 Å². The molecule has 0 radical (unpaired) electrons. The summed E-state index contributed by atoms with van der Waals surface area (Å²) < 4.78 is 11.5. The molecule has 31 heavy (non-hydrogen) atoms. The minimum atomic E-state index is -0.0671. The van der Waals surface area contributed by atoms with Crippen LogP contribution in [-0.2, 0) is 4.79 Å². The van der Waals surface area contributed by atoms with Gasteiger partial charge in [-0.15, -0.1) is 0 Å². The standard InChI is InChI=1S/C23H31N5O3/c1-30-22-14-18-17-4-2-3-5-20(17)31-21(18)15-19(22)27-23(29)16-28-12-10-25-8-6-24-7-9-26-11-13-28/h2-5,14-15,24-26H,6-13,16H2,1H3,(H,27,29). The molecule has 1 amide bonds. The summed E-state index contributed by atoms with van der Waals surface area (Å²) in [5.74, 6) is 0.555. The van der Waals surface area contributed by atoms with Gasteiger partial charge in [-0.25, -0.2) is 0 Å². The fourth-order valence-electron chi connectivity index (χ4n) is 3.88. The van der Waals surface area contributed by atoms with Crippen LogP contribution in [0.5, 0.6) is 5.75 Å². The minimum Gasteiger partial charge on any atom is -0.495 e. The largest absolute Gasteiger partial charge is 0.495 e. The Balaban J connectivity index is 1.45. The molecule has 3 aromatic rings. The first kappa shape index (κ1) is 21.6. The number of hydrogen-bond acceptors (Lipinski definition) is 7. The number of para-hydroxylation sites is 1. The highest BCUT2D eigenvalue weighted by atomic mass is 16.5. The van der Waals surface area contributed by atoms with Crippen molar-refractivity contribution in [2.45, 2.75) is 0 Å². The lowest BCUT2D eigenvalue weighted by Gasteiger charge is -2.23. The van der Waals surface area contributed by atoms with Crippen LogP contribution in [0.25, 0.3) is 21.9 Å². The molecule has 1 saturated heterocycles. The molecule has 166 valence electrons. The van der Waals surface area contributed by atoms with E-state index >= 15 is 0 Å². The average Bonchev–Trinajstić information content (AvgIpc) is 3.12. The Hall–Kier alpha value is -2.65. The van der Waals surface area contributed by atoms with Gasteiger partial charge < -0.3 is 30.4 Å². The van der Waals surface area contributed by atoms with Crippen LogP contribution in [0.3, 0.4) is 0 Å². The topological polar surface area (TPSA) is 90.8 Å². The predicted octanol–water partition coefficient (Wildman–Crippen LogP) is 1.62. The Bertz CT molecular complexity index is 1010. The van der Waals surface area contributed by atoms with Gasteiger partial charge in [-0.2, -0.15) is 0 Å². The smallest absolute Gasteiger partial charge is 0.238 e. The van der Waals surface area contributed by atoms with E-state index in [9.17, 15) is 4.79 Å². The normalized spacial score (nSPS) is 17.2. The fourth-order valence-corrected chi connectivity index (χ4v) is 3.88. The van der Waals surface area contributed by atoms with Crippen LogP contribution in [0, 0.1) is 0 Å². The van der Waals surface area contributed by atoms with Gasteiger partial charge in [0.15, 0.2) is 0 Å².